The van der Waals surface area contributed by atoms with Crippen molar-refractivity contribution in [1.82, 2.24) is 4.90 Å². The first-order chi connectivity index (χ1) is 7.00. The van der Waals surface area contributed by atoms with Crippen molar-refractivity contribution in [2.45, 2.75) is 31.5 Å². The molecule has 0 saturated carbocycles. The maximum Gasteiger partial charge on any atom is 0.303 e. The van der Waals surface area contributed by atoms with Gasteiger partial charge >= 0.3 is 5.97 Å². The van der Waals surface area contributed by atoms with E-state index < -0.39 is 18.2 Å². The van der Waals surface area contributed by atoms with Crippen LogP contribution in [0.15, 0.2) is 0 Å². The summed E-state index contributed by atoms with van der Waals surface area (Å²) >= 11 is 0. The Morgan fingerprint density at radius 1 is 1.13 bits per heavy atom. The molecule has 1 heterocycles. The van der Waals surface area contributed by atoms with Crippen LogP contribution in [-0.4, -0.2) is 57.4 Å². The minimum Gasteiger partial charge on any atom is -0.481 e. The smallest absolute Gasteiger partial charge is 0.303 e. The summed E-state index contributed by atoms with van der Waals surface area (Å²) in [6, 6.07) is 0. The van der Waals surface area contributed by atoms with Crippen molar-refractivity contribution < 1.29 is 24.9 Å². The molecule has 2 unspecified atom stereocenters. The first kappa shape index (κ1) is 11.9. The molecular weight excluding hydrogens is 202 g/mol. The number of aliphatic hydroxyl groups is 2. The van der Waals surface area contributed by atoms with Gasteiger partial charge in [0.15, 0.2) is 0 Å². The van der Waals surface area contributed by atoms with Crippen LogP contribution in [-0.2, 0) is 9.59 Å². The molecule has 3 N–H and O–H groups in total. The second-order valence-corrected chi connectivity index (χ2v) is 3.68. The number of nitrogens with zero attached hydrogens (tertiary/aromatic N) is 1. The predicted octanol–water partition coefficient (Wildman–Crippen LogP) is -1.19. The molecule has 0 spiro atoms. The van der Waals surface area contributed by atoms with Gasteiger partial charge in [-0.05, 0) is 6.42 Å². The van der Waals surface area contributed by atoms with Crippen LogP contribution in [0, 0.1) is 0 Å². The lowest BCUT2D eigenvalue weighted by atomic mass is 10.2. The average Bonchev–Trinajstić information content (AvgIpc) is 2.46. The molecule has 1 rings (SSSR count). The minimum absolute atomic E-state index is 0.0370. The Labute approximate surface area is 87.1 Å². The van der Waals surface area contributed by atoms with Gasteiger partial charge in [-0.25, -0.2) is 0 Å². The summed E-state index contributed by atoms with van der Waals surface area (Å²) < 4.78 is 0. The Balaban J connectivity index is 2.26. The van der Waals surface area contributed by atoms with Crippen LogP contribution in [0.2, 0.25) is 0 Å². The summed E-state index contributed by atoms with van der Waals surface area (Å²) in [6.45, 7) is 0.264. The zero-order valence-electron chi connectivity index (χ0n) is 8.30. The van der Waals surface area contributed by atoms with E-state index in [-0.39, 0.29) is 38.3 Å². The first-order valence-corrected chi connectivity index (χ1v) is 4.86. The molecular formula is C9H15NO5. The largest absolute Gasteiger partial charge is 0.481 e. The van der Waals surface area contributed by atoms with Crippen LogP contribution in [0.25, 0.3) is 0 Å². The van der Waals surface area contributed by atoms with Gasteiger partial charge in [0.05, 0.1) is 12.2 Å². The van der Waals surface area contributed by atoms with Gasteiger partial charge < -0.3 is 20.2 Å². The Kier molecular flexibility index (Phi) is 4.05. The maximum absolute atomic E-state index is 11.4. The normalized spacial score (nSPS) is 25.6. The second kappa shape index (κ2) is 5.09. The van der Waals surface area contributed by atoms with Gasteiger partial charge in [0.2, 0.25) is 5.91 Å². The standard InChI is InChI=1S/C9H15NO5/c11-6-4-10(5-7(6)12)8(13)2-1-3-9(14)15/h6-7,11-12H,1-5H2,(H,14,15). The minimum atomic E-state index is -0.927. The van der Waals surface area contributed by atoms with E-state index in [4.69, 9.17) is 5.11 Å². The highest BCUT2D eigenvalue weighted by Crippen LogP contribution is 2.12. The van der Waals surface area contributed by atoms with E-state index in [9.17, 15) is 19.8 Å². The van der Waals surface area contributed by atoms with E-state index in [1.54, 1.807) is 0 Å². The van der Waals surface area contributed by atoms with Gasteiger partial charge in [-0.2, -0.15) is 0 Å². The average molecular weight is 217 g/mol. The summed E-state index contributed by atoms with van der Waals surface area (Å²) in [7, 11) is 0. The van der Waals surface area contributed by atoms with Gasteiger partial charge in [-0.15, -0.1) is 0 Å². The molecule has 86 valence electrons. The molecule has 6 heteroatoms. The molecule has 15 heavy (non-hydrogen) atoms. The SMILES string of the molecule is O=C(O)CCCC(=O)N1CC(O)C(O)C1. The molecule has 1 saturated heterocycles. The van der Waals surface area contributed by atoms with Crippen LogP contribution in [0.4, 0.5) is 0 Å². The molecule has 0 aliphatic carbocycles. The van der Waals surface area contributed by atoms with E-state index in [1.807, 2.05) is 0 Å². The van der Waals surface area contributed by atoms with Crippen LogP contribution in [0.3, 0.4) is 0 Å². The monoisotopic (exact) mass is 217 g/mol. The second-order valence-electron chi connectivity index (χ2n) is 3.68. The van der Waals surface area contributed by atoms with Gasteiger partial charge in [-0.3, -0.25) is 9.59 Å². The zero-order chi connectivity index (χ0) is 11.4. The van der Waals surface area contributed by atoms with Crippen molar-refractivity contribution in [2.24, 2.45) is 0 Å². The van der Waals surface area contributed by atoms with Crippen molar-refractivity contribution >= 4 is 11.9 Å². The molecule has 2 atom stereocenters. The number of carboxylic acid groups (broad SMARTS) is 1. The Morgan fingerprint density at radius 3 is 2.13 bits per heavy atom. The number of carbonyl (C=O) groups is 2. The number of carbonyl (C=O) groups excluding carboxylic acids is 1. The van der Waals surface area contributed by atoms with Crippen molar-refractivity contribution in [2.75, 3.05) is 13.1 Å². The molecule has 1 aliphatic heterocycles. The van der Waals surface area contributed by atoms with Crippen LogP contribution < -0.4 is 0 Å². The molecule has 1 amide bonds. The molecule has 1 aliphatic rings. The van der Waals surface area contributed by atoms with Crippen LogP contribution in [0.5, 0.6) is 0 Å². The number of β-amino-alcohol motifs (C(OH)–C–C–N with tert-alkyl or cyclic N) is 2. The molecule has 0 bridgehead atoms. The van der Waals surface area contributed by atoms with Crippen molar-refractivity contribution in [3.8, 4) is 0 Å². The fraction of sp³-hybridized carbons (Fsp3) is 0.778. The number of rotatable bonds is 4. The van der Waals surface area contributed by atoms with E-state index in [2.05, 4.69) is 0 Å². The summed E-state index contributed by atoms with van der Waals surface area (Å²) in [6.07, 6.45) is -1.37. The van der Waals surface area contributed by atoms with Gasteiger partial charge in [0.1, 0.15) is 0 Å². The van der Waals surface area contributed by atoms with E-state index >= 15 is 0 Å². The van der Waals surface area contributed by atoms with Crippen LogP contribution >= 0.6 is 0 Å². The van der Waals surface area contributed by atoms with Crippen molar-refractivity contribution in [1.29, 1.82) is 0 Å². The highest BCUT2D eigenvalue weighted by molar-refractivity contribution is 5.77. The zero-order valence-corrected chi connectivity index (χ0v) is 8.30. The lowest BCUT2D eigenvalue weighted by molar-refractivity contribution is -0.137. The van der Waals surface area contributed by atoms with E-state index in [0.29, 0.717) is 0 Å². The third-order valence-electron chi connectivity index (χ3n) is 2.39. The molecule has 0 aromatic heterocycles. The number of carboxylic acids is 1. The highest BCUT2D eigenvalue weighted by atomic mass is 16.4. The van der Waals surface area contributed by atoms with Gasteiger partial charge in [0, 0.05) is 25.9 Å². The third kappa shape index (κ3) is 3.49. The Hall–Kier alpha value is -1.14. The molecule has 1 fully saturated rings. The van der Waals surface area contributed by atoms with Crippen molar-refractivity contribution in [3.05, 3.63) is 0 Å². The topological polar surface area (TPSA) is 98.1 Å². The lowest BCUT2D eigenvalue weighted by Gasteiger charge is -2.14. The van der Waals surface area contributed by atoms with Gasteiger partial charge in [-0.1, -0.05) is 0 Å². The van der Waals surface area contributed by atoms with E-state index in [1.165, 1.54) is 4.90 Å². The van der Waals surface area contributed by atoms with Crippen molar-refractivity contribution in [3.63, 3.8) is 0 Å². The number of hydrogen-bond donors (Lipinski definition) is 3. The Bertz CT molecular complexity index is 245. The third-order valence-corrected chi connectivity index (χ3v) is 2.39. The molecule has 0 aromatic rings. The Morgan fingerprint density at radius 2 is 1.67 bits per heavy atom. The predicted molar refractivity (Wildman–Crippen MR) is 50.1 cm³/mol. The van der Waals surface area contributed by atoms with E-state index in [0.717, 1.165) is 0 Å². The van der Waals surface area contributed by atoms with Crippen LogP contribution in [0.1, 0.15) is 19.3 Å². The number of aliphatic hydroxyl groups excluding tert-OH is 2. The lowest BCUT2D eigenvalue weighted by Crippen LogP contribution is -2.29. The fourth-order valence-corrected chi connectivity index (χ4v) is 1.52. The first-order valence-electron chi connectivity index (χ1n) is 4.86. The number of hydrogen-bond acceptors (Lipinski definition) is 4. The highest BCUT2D eigenvalue weighted by Gasteiger charge is 2.31. The van der Waals surface area contributed by atoms with Gasteiger partial charge in [0.25, 0.3) is 0 Å². The summed E-state index contributed by atoms with van der Waals surface area (Å²) in [4.78, 5) is 23.0. The number of likely N-dealkylation sites (tertiary alicyclic amines) is 1. The quantitative estimate of drug-likeness (QED) is 0.549. The summed E-state index contributed by atoms with van der Waals surface area (Å²) in [5.74, 6) is -1.14. The molecule has 6 nitrogen and oxygen atoms in total. The number of amides is 1. The maximum atomic E-state index is 11.4. The number of aliphatic carboxylic acids is 1. The summed E-state index contributed by atoms with van der Waals surface area (Å²) in [5.41, 5.74) is 0. The molecule has 0 radical (unpaired) electrons. The molecule has 0 aromatic carbocycles. The fourth-order valence-electron chi connectivity index (χ4n) is 1.52. The summed E-state index contributed by atoms with van der Waals surface area (Å²) in [5, 5.41) is 26.8.